The molecule has 2 aromatic carbocycles. The van der Waals surface area contributed by atoms with Gasteiger partial charge in [-0.1, -0.05) is 6.07 Å². The monoisotopic (exact) mass is 461 g/mol. The van der Waals surface area contributed by atoms with E-state index in [-0.39, 0.29) is 16.8 Å². The van der Waals surface area contributed by atoms with Crippen molar-refractivity contribution in [1.29, 1.82) is 0 Å². The van der Waals surface area contributed by atoms with E-state index >= 15 is 0 Å². The summed E-state index contributed by atoms with van der Waals surface area (Å²) in [6.07, 6.45) is 0. The van der Waals surface area contributed by atoms with Gasteiger partial charge in [-0.05, 0) is 56.8 Å². The van der Waals surface area contributed by atoms with Crippen LogP contribution in [0.4, 0.5) is 0 Å². The molecule has 32 heavy (non-hydrogen) atoms. The van der Waals surface area contributed by atoms with Gasteiger partial charge in [-0.15, -0.1) is 0 Å². The summed E-state index contributed by atoms with van der Waals surface area (Å²) in [5.41, 5.74) is 1.79. The summed E-state index contributed by atoms with van der Waals surface area (Å²) in [6.45, 7) is 5.85. The second kappa shape index (κ2) is 9.89. The fourth-order valence-corrected chi connectivity index (χ4v) is 5.16. The molecule has 3 rings (SSSR count). The van der Waals surface area contributed by atoms with E-state index in [4.69, 9.17) is 9.47 Å². The van der Waals surface area contributed by atoms with Gasteiger partial charge in [0.1, 0.15) is 11.5 Å². The van der Waals surface area contributed by atoms with Crippen molar-refractivity contribution in [2.75, 3.05) is 47.4 Å². The highest BCUT2D eigenvalue weighted by atomic mass is 32.2. The Balaban J connectivity index is 1.85. The predicted molar refractivity (Wildman–Crippen MR) is 123 cm³/mol. The second-order valence-corrected chi connectivity index (χ2v) is 9.93. The molecule has 0 unspecified atom stereocenters. The normalized spacial score (nSPS) is 16.4. The Labute approximate surface area is 190 Å². The Bertz CT molecular complexity index is 1080. The van der Waals surface area contributed by atoms with E-state index in [9.17, 15) is 13.2 Å². The number of piperazine rings is 1. The molecule has 1 atom stereocenters. The first kappa shape index (κ1) is 24.0. The van der Waals surface area contributed by atoms with Gasteiger partial charge >= 0.3 is 0 Å². The van der Waals surface area contributed by atoms with Crippen molar-refractivity contribution in [3.63, 3.8) is 0 Å². The molecular formula is C23H31N3O5S. The molecule has 0 radical (unpaired) electrons. The zero-order valence-electron chi connectivity index (χ0n) is 19.2. The number of likely N-dealkylation sites (N-methyl/N-ethyl adjacent to an activating group) is 1. The summed E-state index contributed by atoms with van der Waals surface area (Å²) in [5.74, 6) is 0.926. The molecule has 0 bridgehead atoms. The zero-order chi connectivity index (χ0) is 23.5. The molecule has 1 saturated heterocycles. The van der Waals surface area contributed by atoms with Crippen molar-refractivity contribution in [3.8, 4) is 11.5 Å². The first-order valence-corrected chi connectivity index (χ1v) is 11.9. The van der Waals surface area contributed by atoms with Gasteiger partial charge in [0.2, 0.25) is 10.0 Å². The Kier molecular flexibility index (Phi) is 7.43. The van der Waals surface area contributed by atoms with Crippen LogP contribution in [0.25, 0.3) is 0 Å². The third-order valence-electron chi connectivity index (χ3n) is 5.80. The van der Waals surface area contributed by atoms with Gasteiger partial charge in [0.15, 0.2) is 0 Å². The molecule has 9 heteroatoms. The number of carbonyl (C=O) groups is 1. The average molecular weight is 462 g/mol. The molecule has 1 amide bonds. The number of rotatable bonds is 7. The van der Waals surface area contributed by atoms with Crippen LogP contribution in [-0.4, -0.2) is 71.0 Å². The summed E-state index contributed by atoms with van der Waals surface area (Å²) in [4.78, 5) is 15.3. The predicted octanol–water partition coefficient (Wildman–Crippen LogP) is 2.44. The minimum absolute atomic E-state index is 0.129. The van der Waals surface area contributed by atoms with E-state index in [2.05, 4.69) is 10.2 Å². The highest BCUT2D eigenvalue weighted by molar-refractivity contribution is 7.89. The SMILES string of the molecule is COc1ccc(OC)c([C@@H](C)NC(=O)c2cc(S(=O)(=O)N3CCN(C)CC3)ccc2C)c1. The fraction of sp³-hybridized carbons (Fsp3) is 0.435. The quantitative estimate of drug-likeness (QED) is 0.682. The summed E-state index contributed by atoms with van der Waals surface area (Å²) in [6, 6.07) is 9.70. The molecule has 0 aliphatic carbocycles. The Hall–Kier alpha value is -2.62. The van der Waals surface area contributed by atoms with E-state index in [1.165, 1.54) is 10.4 Å². The van der Waals surface area contributed by atoms with Crippen molar-refractivity contribution < 1.29 is 22.7 Å². The van der Waals surface area contributed by atoms with Crippen molar-refractivity contribution in [3.05, 3.63) is 53.1 Å². The smallest absolute Gasteiger partial charge is 0.252 e. The lowest BCUT2D eigenvalue weighted by atomic mass is 10.0. The van der Waals surface area contributed by atoms with Crippen molar-refractivity contribution in [2.24, 2.45) is 0 Å². The number of benzene rings is 2. The third-order valence-corrected chi connectivity index (χ3v) is 7.70. The van der Waals surface area contributed by atoms with Crippen molar-refractivity contribution >= 4 is 15.9 Å². The largest absolute Gasteiger partial charge is 0.497 e. The van der Waals surface area contributed by atoms with Gasteiger partial charge in [-0.2, -0.15) is 4.31 Å². The van der Waals surface area contributed by atoms with E-state index in [1.54, 1.807) is 45.4 Å². The summed E-state index contributed by atoms with van der Waals surface area (Å²) < 4.78 is 38.4. The molecule has 0 spiro atoms. The molecule has 0 aromatic heterocycles. The van der Waals surface area contributed by atoms with E-state index in [0.717, 1.165) is 5.56 Å². The van der Waals surface area contributed by atoms with Crippen LogP contribution in [0, 0.1) is 6.92 Å². The van der Waals surface area contributed by atoms with E-state index in [0.29, 0.717) is 48.8 Å². The van der Waals surface area contributed by atoms with Crippen LogP contribution in [0.5, 0.6) is 11.5 Å². The van der Waals surface area contributed by atoms with Crippen molar-refractivity contribution in [2.45, 2.75) is 24.8 Å². The molecule has 8 nitrogen and oxygen atoms in total. The summed E-state index contributed by atoms with van der Waals surface area (Å²) >= 11 is 0. The van der Waals surface area contributed by atoms with Gasteiger partial charge in [0.25, 0.3) is 5.91 Å². The van der Waals surface area contributed by atoms with Gasteiger partial charge in [-0.25, -0.2) is 8.42 Å². The van der Waals surface area contributed by atoms with Crippen LogP contribution in [-0.2, 0) is 10.0 Å². The van der Waals surface area contributed by atoms with Gasteiger partial charge < -0.3 is 19.7 Å². The number of nitrogens with one attached hydrogen (secondary N) is 1. The van der Waals surface area contributed by atoms with Crippen LogP contribution in [0.3, 0.4) is 0 Å². The molecule has 1 N–H and O–H groups in total. The van der Waals surface area contributed by atoms with E-state index in [1.807, 2.05) is 20.0 Å². The Morgan fingerprint density at radius 1 is 1.03 bits per heavy atom. The third kappa shape index (κ3) is 5.06. The molecular weight excluding hydrogens is 430 g/mol. The van der Waals surface area contributed by atoms with Crippen LogP contribution in [0.1, 0.15) is 34.5 Å². The minimum atomic E-state index is -3.67. The lowest BCUT2D eigenvalue weighted by molar-refractivity contribution is 0.0938. The number of carbonyl (C=O) groups excluding carboxylic acids is 1. The number of sulfonamides is 1. The number of methoxy groups -OCH3 is 2. The number of nitrogens with zero attached hydrogens (tertiary/aromatic N) is 2. The van der Waals surface area contributed by atoms with Crippen LogP contribution in [0.15, 0.2) is 41.3 Å². The highest BCUT2D eigenvalue weighted by Crippen LogP contribution is 2.30. The number of hydrogen-bond acceptors (Lipinski definition) is 6. The molecule has 0 saturated carbocycles. The van der Waals surface area contributed by atoms with Crippen molar-refractivity contribution in [1.82, 2.24) is 14.5 Å². The van der Waals surface area contributed by atoms with Gasteiger partial charge in [0, 0.05) is 37.3 Å². The van der Waals surface area contributed by atoms with Gasteiger partial charge in [-0.3, -0.25) is 4.79 Å². The first-order chi connectivity index (χ1) is 15.2. The Morgan fingerprint density at radius 3 is 2.34 bits per heavy atom. The molecule has 1 heterocycles. The highest BCUT2D eigenvalue weighted by Gasteiger charge is 2.28. The van der Waals surface area contributed by atoms with Crippen LogP contribution < -0.4 is 14.8 Å². The molecule has 1 fully saturated rings. The maximum Gasteiger partial charge on any atom is 0.252 e. The molecule has 1 aliphatic rings. The molecule has 174 valence electrons. The molecule has 1 aliphatic heterocycles. The van der Waals surface area contributed by atoms with Crippen LogP contribution >= 0.6 is 0 Å². The average Bonchev–Trinajstić information content (AvgIpc) is 2.78. The lowest BCUT2D eigenvalue weighted by Crippen LogP contribution is -2.47. The maximum absolute atomic E-state index is 13.1. The number of aryl methyl sites for hydroxylation is 1. The fourth-order valence-electron chi connectivity index (χ4n) is 3.71. The number of amides is 1. The first-order valence-electron chi connectivity index (χ1n) is 10.5. The zero-order valence-corrected chi connectivity index (χ0v) is 20.0. The topological polar surface area (TPSA) is 88.2 Å². The second-order valence-electron chi connectivity index (χ2n) is 7.99. The van der Waals surface area contributed by atoms with Gasteiger partial charge in [0.05, 0.1) is 25.2 Å². The van der Waals surface area contributed by atoms with E-state index < -0.39 is 10.0 Å². The standard InChI is InChI=1S/C23H31N3O5S/c1-16-6-8-19(32(28,29)26-12-10-25(3)11-13-26)15-20(16)23(27)24-17(2)21-14-18(30-4)7-9-22(21)31-5/h6-9,14-15,17H,10-13H2,1-5H3,(H,24,27)/t17-/m1/s1. The Morgan fingerprint density at radius 2 is 1.72 bits per heavy atom. The summed E-state index contributed by atoms with van der Waals surface area (Å²) in [7, 11) is 1.44. The number of ether oxygens (including phenoxy) is 2. The lowest BCUT2D eigenvalue weighted by Gasteiger charge is -2.31. The molecule has 2 aromatic rings. The maximum atomic E-state index is 13.1. The number of hydrogen-bond donors (Lipinski definition) is 1. The summed E-state index contributed by atoms with van der Waals surface area (Å²) in [5, 5.41) is 2.95. The van der Waals surface area contributed by atoms with Crippen LogP contribution in [0.2, 0.25) is 0 Å². The minimum Gasteiger partial charge on any atom is -0.497 e.